The quantitative estimate of drug-likeness (QED) is 0.802. The maximum Gasteiger partial charge on any atom is 0.337 e. The SMILES string of the molecule is COC(=O)c1cccc(OCCC2CCN(c3cc(N)ccn3)CC2)c1. The van der Waals surface area contributed by atoms with Gasteiger partial charge in [-0.05, 0) is 49.4 Å². The molecule has 0 radical (unpaired) electrons. The molecule has 1 saturated heterocycles. The zero-order chi connectivity index (χ0) is 18.4. The van der Waals surface area contributed by atoms with Crippen LogP contribution in [0.4, 0.5) is 11.5 Å². The standard InChI is InChI=1S/C20H25N3O3/c1-25-20(24)16-3-2-4-18(13-16)26-12-8-15-6-10-23(11-7-15)19-14-17(21)5-9-22-19/h2-5,9,13-15H,6-8,10-12H2,1H3,(H2,21,22). The number of piperidine rings is 1. The van der Waals surface area contributed by atoms with E-state index in [0.29, 0.717) is 23.8 Å². The van der Waals surface area contributed by atoms with Crippen molar-refractivity contribution in [1.82, 2.24) is 4.98 Å². The van der Waals surface area contributed by atoms with Crippen LogP contribution < -0.4 is 15.4 Å². The van der Waals surface area contributed by atoms with Gasteiger partial charge in [-0.2, -0.15) is 0 Å². The summed E-state index contributed by atoms with van der Waals surface area (Å²) >= 11 is 0. The first kappa shape index (κ1) is 18.0. The van der Waals surface area contributed by atoms with Gasteiger partial charge in [0.2, 0.25) is 0 Å². The fraction of sp³-hybridized carbons (Fsp3) is 0.400. The molecule has 0 aliphatic carbocycles. The monoisotopic (exact) mass is 355 g/mol. The van der Waals surface area contributed by atoms with Crippen LogP contribution in [0.2, 0.25) is 0 Å². The summed E-state index contributed by atoms with van der Waals surface area (Å²) in [6.45, 7) is 2.61. The number of aromatic nitrogens is 1. The summed E-state index contributed by atoms with van der Waals surface area (Å²) in [5.74, 6) is 1.95. The van der Waals surface area contributed by atoms with Gasteiger partial charge in [-0.3, -0.25) is 0 Å². The maximum absolute atomic E-state index is 11.6. The molecule has 0 saturated carbocycles. The number of nitrogen functional groups attached to an aromatic ring is 1. The van der Waals surface area contributed by atoms with E-state index in [1.807, 2.05) is 18.2 Å². The summed E-state index contributed by atoms with van der Waals surface area (Å²) < 4.78 is 10.6. The molecule has 6 nitrogen and oxygen atoms in total. The van der Waals surface area contributed by atoms with E-state index in [0.717, 1.165) is 43.9 Å². The molecule has 0 unspecified atom stereocenters. The van der Waals surface area contributed by atoms with Crippen LogP contribution in [0.15, 0.2) is 42.6 Å². The van der Waals surface area contributed by atoms with Gasteiger partial charge < -0.3 is 20.1 Å². The molecule has 3 rings (SSSR count). The number of esters is 1. The molecule has 1 aromatic carbocycles. The molecule has 0 amide bonds. The molecule has 1 fully saturated rings. The maximum atomic E-state index is 11.6. The predicted octanol–water partition coefficient (Wildman–Crippen LogP) is 3.14. The molecular weight excluding hydrogens is 330 g/mol. The third kappa shape index (κ3) is 4.65. The average Bonchev–Trinajstić information content (AvgIpc) is 2.68. The molecule has 2 heterocycles. The minimum atomic E-state index is -0.349. The number of hydrogen-bond donors (Lipinski definition) is 1. The highest BCUT2D eigenvalue weighted by Gasteiger charge is 2.20. The fourth-order valence-corrected chi connectivity index (χ4v) is 3.23. The molecular formula is C20H25N3O3. The lowest BCUT2D eigenvalue weighted by atomic mass is 9.94. The zero-order valence-corrected chi connectivity index (χ0v) is 15.1. The molecule has 0 atom stereocenters. The molecule has 1 aliphatic heterocycles. The Kier molecular flexibility index (Phi) is 5.94. The van der Waals surface area contributed by atoms with Gasteiger partial charge in [0, 0.05) is 31.0 Å². The Labute approximate surface area is 153 Å². The highest BCUT2D eigenvalue weighted by Crippen LogP contribution is 2.25. The number of carbonyl (C=O) groups is 1. The van der Waals surface area contributed by atoms with Crippen LogP contribution in [-0.4, -0.2) is 37.8 Å². The van der Waals surface area contributed by atoms with Gasteiger partial charge in [0.25, 0.3) is 0 Å². The number of pyridine rings is 1. The van der Waals surface area contributed by atoms with Crippen molar-refractivity contribution in [2.45, 2.75) is 19.3 Å². The minimum absolute atomic E-state index is 0.349. The lowest BCUT2D eigenvalue weighted by Crippen LogP contribution is -2.34. The first-order chi connectivity index (χ1) is 12.7. The number of nitrogens with zero attached hydrogens (tertiary/aromatic N) is 2. The number of benzene rings is 1. The second kappa shape index (κ2) is 8.56. The molecule has 138 valence electrons. The van der Waals surface area contributed by atoms with Crippen molar-refractivity contribution < 1.29 is 14.3 Å². The van der Waals surface area contributed by atoms with Gasteiger partial charge in [-0.1, -0.05) is 6.07 Å². The smallest absolute Gasteiger partial charge is 0.337 e. The molecule has 1 aliphatic rings. The summed E-state index contributed by atoms with van der Waals surface area (Å²) in [4.78, 5) is 18.2. The van der Waals surface area contributed by atoms with Crippen molar-refractivity contribution in [2.75, 3.05) is 37.4 Å². The lowest BCUT2D eigenvalue weighted by molar-refractivity contribution is 0.0600. The predicted molar refractivity (Wildman–Crippen MR) is 101 cm³/mol. The number of ether oxygens (including phenoxy) is 2. The van der Waals surface area contributed by atoms with Crippen molar-refractivity contribution in [3.8, 4) is 5.75 Å². The third-order valence-electron chi connectivity index (χ3n) is 4.76. The van der Waals surface area contributed by atoms with E-state index in [9.17, 15) is 4.79 Å². The summed E-state index contributed by atoms with van der Waals surface area (Å²) in [5.41, 5.74) is 7.10. The third-order valence-corrected chi connectivity index (χ3v) is 4.76. The highest BCUT2D eigenvalue weighted by molar-refractivity contribution is 5.89. The number of rotatable bonds is 6. The van der Waals surface area contributed by atoms with Crippen molar-refractivity contribution in [1.29, 1.82) is 0 Å². The minimum Gasteiger partial charge on any atom is -0.494 e. The van der Waals surface area contributed by atoms with Gasteiger partial charge in [0.05, 0.1) is 19.3 Å². The summed E-state index contributed by atoms with van der Waals surface area (Å²) in [7, 11) is 1.38. The van der Waals surface area contributed by atoms with E-state index in [2.05, 4.69) is 9.88 Å². The van der Waals surface area contributed by atoms with E-state index >= 15 is 0 Å². The largest absolute Gasteiger partial charge is 0.494 e. The molecule has 1 aromatic heterocycles. The van der Waals surface area contributed by atoms with Crippen molar-refractivity contribution in [3.63, 3.8) is 0 Å². The van der Waals surface area contributed by atoms with Crippen LogP contribution in [0.3, 0.4) is 0 Å². The molecule has 6 heteroatoms. The average molecular weight is 355 g/mol. The van der Waals surface area contributed by atoms with Crippen molar-refractivity contribution in [3.05, 3.63) is 48.2 Å². The van der Waals surface area contributed by atoms with E-state index in [1.54, 1.807) is 24.4 Å². The van der Waals surface area contributed by atoms with Gasteiger partial charge in [0.15, 0.2) is 0 Å². The first-order valence-electron chi connectivity index (χ1n) is 8.93. The second-order valence-electron chi connectivity index (χ2n) is 6.53. The van der Waals surface area contributed by atoms with Crippen molar-refractivity contribution in [2.24, 2.45) is 5.92 Å². The normalized spacial score (nSPS) is 14.9. The van der Waals surface area contributed by atoms with Crippen LogP contribution in [0, 0.1) is 5.92 Å². The lowest BCUT2D eigenvalue weighted by Gasteiger charge is -2.32. The Morgan fingerprint density at radius 3 is 2.81 bits per heavy atom. The van der Waals surface area contributed by atoms with Gasteiger partial charge >= 0.3 is 5.97 Å². The van der Waals surface area contributed by atoms with E-state index < -0.39 is 0 Å². The molecule has 2 aromatic rings. The van der Waals surface area contributed by atoms with Gasteiger partial charge in [0.1, 0.15) is 11.6 Å². The number of anilines is 2. The van der Waals surface area contributed by atoms with Gasteiger partial charge in [-0.25, -0.2) is 9.78 Å². The Bertz CT molecular complexity index is 743. The summed E-state index contributed by atoms with van der Waals surface area (Å²) in [6.07, 6.45) is 4.98. The highest BCUT2D eigenvalue weighted by atomic mass is 16.5. The Balaban J connectivity index is 1.44. The Morgan fingerprint density at radius 1 is 1.27 bits per heavy atom. The second-order valence-corrected chi connectivity index (χ2v) is 6.53. The molecule has 26 heavy (non-hydrogen) atoms. The van der Waals surface area contributed by atoms with E-state index in [4.69, 9.17) is 15.2 Å². The van der Waals surface area contributed by atoms with Crippen LogP contribution in [0.5, 0.6) is 5.75 Å². The van der Waals surface area contributed by atoms with E-state index in [1.165, 1.54) is 7.11 Å². The molecule has 0 spiro atoms. The van der Waals surface area contributed by atoms with Crippen molar-refractivity contribution >= 4 is 17.5 Å². The first-order valence-corrected chi connectivity index (χ1v) is 8.93. The number of methoxy groups -OCH3 is 1. The van der Waals surface area contributed by atoms with Crippen LogP contribution >= 0.6 is 0 Å². The van der Waals surface area contributed by atoms with E-state index in [-0.39, 0.29) is 5.97 Å². The summed E-state index contributed by atoms with van der Waals surface area (Å²) in [6, 6.07) is 10.8. The molecule has 2 N–H and O–H groups in total. The Hall–Kier alpha value is -2.76. The summed E-state index contributed by atoms with van der Waals surface area (Å²) in [5, 5.41) is 0. The number of carbonyl (C=O) groups excluding carboxylic acids is 1. The fourth-order valence-electron chi connectivity index (χ4n) is 3.23. The van der Waals surface area contributed by atoms with Gasteiger partial charge in [-0.15, -0.1) is 0 Å². The topological polar surface area (TPSA) is 77.7 Å². The number of hydrogen-bond acceptors (Lipinski definition) is 6. The van der Waals surface area contributed by atoms with Crippen LogP contribution in [-0.2, 0) is 4.74 Å². The zero-order valence-electron chi connectivity index (χ0n) is 15.1. The number of nitrogens with two attached hydrogens (primary N) is 1. The van der Waals surface area contributed by atoms with Crippen LogP contribution in [0.1, 0.15) is 29.6 Å². The van der Waals surface area contributed by atoms with Crippen LogP contribution in [0.25, 0.3) is 0 Å². The Morgan fingerprint density at radius 2 is 2.08 bits per heavy atom. The molecule has 0 bridgehead atoms.